The molecule has 0 bridgehead atoms. The summed E-state index contributed by atoms with van der Waals surface area (Å²) in [7, 11) is 0. The Morgan fingerprint density at radius 3 is 2.04 bits per heavy atom. The molecule has 5 rings (SSSR count). The van der Waals surface area contributed by atoms with Gasteiger partial charge in [0, 0.05) is 16.8 Å². The number of imidazole rings is 1. The number of rotatable bonds is 0. The minimum Gasteiger partial charge on any atom is -0.280 e. The third-order valence-corrected chi connectivity index (χ3v) is 6.22. The number of aryl methyl sites for hydroxylation is 3. The van der Waals surface area contributed by atoms with E-state index in [0.29, 0.717) is 0 Å². The third kappa shape index (κ3) is 1.98. The van der Waals surface area contributed by atoms with Gasteiger partial charge in [-0.15, -0.1) is 0 Å². The van der Waals surface area contributed by atoms with Gasteiger partial charge >= 0.3 is 0 Å². The molecule has 2 aliphatic heterocycles. The van der Waals surface area contributed by atoms with Crippen LogP contribution in [0.2, 0.25) is 0 Å². The first-order valence-corrected chi connectivity index (χ1v) is 9.75. The number of hydrogen-bond donors (Lipinski definition) is 0. The quantitative estimate of drug-likeness (QED) is 0.527. The molecule has 1 aromatic heterocycles. The van der Waals surface area contributed by atoms with E-state index in [0.717, 1.165) is 39.8 Å². The average Bonchev–Trinajstić information content (AvgIpc) is 3.08. The number of fused-ring (bicyclic) bond motifs is 7. The van der Waals surface area contributed by atoms with Gasteiger partial charge in [-0.05, 0) is 63.8 Å². The van der Waals surface area contributed by atoms with Crippen LogP contribution in [0.5, 0.6) is 0 Å². The SMILES string of the molecule is CC1=NC2(N=C1C)c1cccc(C)c1-c1c(C)cccc1-c1nc(C)c(C)n12. The molecule has 28 heavy (non-hydrogen) atoms. The molecule has 0 saturated heterocycles. The summed E-state index contributed by atoms with van der Waals surface area (Å²) in [5, 5.41) is 0. The number of nitrogens with zero attached hydrogens (tertiary/aromatic N) is 4. The Hall–Kier alpha value is -3.01. The van der Waals surface area contributed by atoms with Crippen LogP contribution in [0.1, 0.15) is 41.9 Å². The molecular formula is C24H24N4. The third-order valence-electron chi connectivity index (χ3n) is 6.22. The maximum absolute atomic E-state index is 5.17. The van der Waals surface area contributed by atoms with Crippen LogP contribution in [0, 0.1) is 27.7 Å². The number of benzene rings is 2. The van der Waals surface area contributed by atoms with Gasteiger partial charge in [0.2, 0.25) is 0 Å². The summed E-state index contributed by atoms with van der Waals surface area (Å²) in [5.74, 6) is 0.112. The van der Waals surface area contributed by atoms with E-state index in [1.165, 1.54) is 22.3 Å². The van der Waals surface area contributed by atoms with Gasteiger partial charge in [-0.2, -0.15) is 0 Å². The molecule has 0 radical (unpaired) electrons. The average molecular weight is 368 g/mol. The van der Waals surface area contributed by atoms with Crippen LogP contribution >= 0.6 is 0 Å². The van der Waals surface area contributed by atoms with Crippen LogP contribution in [-0.2, 0) is 5.79 Å². The van der Waals surface area contributed by atoms with E-state index in [4.69, 9.17) is 15.0 Å². The van der Waals surface area contributed by atoms with Crippen LogP contribution in [0.4, 0.5) is 0 Å². The van der Waals surface area contributed by atoms with E-state index < -0.39 is 5.79 Å². The second-order valence-electron chi connectivity index (χ2n) is 7.97. The summed E-state index contributed by atoms with van der Waals surface area (Å²) in [6, 6.07) is 12.9. The Morgan fingerprint density at radius 2 is 1.36 bits per heavy atom. The maximum atomic E-state index is 5.17. The molecule has 0 unspecified atom stereocenters. The molecule has 4 heteroatoms. The van der Waals surface area contributed by atoms with E-state index in [1.807, 2.05) is 13.8 Å². The van der Waals surface area contributed by atoms with Crippen LogP contribution < -0.4 is 0 Å². The van der Waals surface area contributed by atoms with E-state index in [9.17, 15) is 0 Å². The highest BCUT2D eigenvalue weighted by molar-refractivity contribution is 6.41. The second-order valence-corrected chi connectivity index (χ2v) is 7.97. The van der Waals surface area contributed by atoms with Gasteiger partial charge in [0.15, 0.2) is 0 Å². The van der Waals surface area contributed by atoms with Crippen molar-refractivity contribution >= 4 is 11.4 Å². The number of hydrogen-bond acceptors (Lipinski definition) is 3. The summed E-state index contributed by atoms with van der Waals surface area (Å²) in [4.78, 5) is 15.3. The fourth-order valence-electron chi connectivity index (χ4n) is 4.63. The summed E-state index contributed by atoms with van der Waals surface area (Å²) in [6.07, 6.45) is 0. The highest BCUT2D eigenvalue weighted by Gasteiger charge is 2.45. The highest BCUT2D eigenvalue weighted by Crippen LogP contribution is 2.50. The van der Waals surface area contributed by atoms with Gasteiger partial charge in [-0.3, -0.25) is 4.57 Å². The molecule has 0 saturated carbocycles. The molecule has 4 nitrogen and oxygen atoms in total. The molecule has 140 valence electrons. The predicted octanol–water partition coefficient (Wildman–Crippen LogP) is 5.36. The van der Waals surface area contributed by atoms with Crippen molar-refractivity contribution < 1.29 is 0 Å². The topological polar surface area (TPSA) is 42.5 Å². The molecule has 3 heterocycles. The van der Waals surface area contributed by atoms with Crippen molar-refractivity contribution in [3.8, 4) is 22.5 Å². The molecule has 0 fully saturated rings. The molecule has 0 atom stereocenters. The molecule has 3 aromatic rings. The lowest BCUT2D eigenvalue weighted by molar-refractivity contribution is 0.399. The normalized spacial score (nSPS) is 16.2. The lowest BCUT2D eigenvalue weighted by Crippen LogP contribution is -2.31. The van der Waals surface area contributed by atoms with Gasteiger partial charge < -0.3 is 0 Å². The Labute approximate surface area is 165 Å². The molecule has 1 spiro atoms. The number of aromatic nitrogens is 2. The predicted molar refractivity (Wildman–Crippen MR) is 115 cm³/mol. The fraction of sp³-hybridized carbons (Fsp3) is 0.292. The molecule has 0 amide bonds. The Morgan fingerprint density at radius 1 is 0.750 bits per heavy atom. The Bertz CT molecular complexity index is 1210. The van der Waals surface area contributed by atoms with E-state index in [2.05, 4.69) is 68.7 Å². The largest absolute Gasteiger partial charge is 0.280 e. The van der Waals surface area contributed by atoms with Crippen molar-refractivity contribution in [1.82, 2.24) is 9.55 Å². The monoisotopic (exact) mass is 368 g/mol. The molecule has 0 N–H and O–H groups in total. The van der Waals surface area contributed by atoms with Gasteiger partial charge in [0.25, 0.3) is 5.79 Å². The van der Waals surface area contributed by atoms with E-state index in [1.54, 1.807) is 0 Å². The Kier molecular flexibility index (Phi) is 3.36. The lowest BCUT2D eigenvalue weighted by atomic mass is 9.87. The van der Waals surface area contributed by atoms with E-state index in [-0.39, 0.29) is 0 Å². The smallest absolute Gasteiger partial charge is 0.261 e. The first-order chi connectivity index (χ1) is 13.3. The van der Waals surface area contributed by atoms with Gasteiger partial charge in [0.05, 0.1) is 17.1 Å². The maximum Gasteiger partial charge on any atom is 0.261 e. The Balaban J connectivity index is 2.08. The van der Waals surface area contributed by atoms with Crippen molar-refractivity contribution in [3.05, 3.63) is 64.5 Å². The molecule has 2 aliphatic rings. The van der Waals surface area contributed by atoms with E-state index >= 15 is 0 Å². The summed E-state index contributed by atoms with van der Waals surface area (Å²) < 4.78 is 2.24. The fourth-order valence-corrected chi connectivity index (χ4v) is 4.63. The van der Waals surface area contributed by atoms with Gasteiger partial charge in [0.1, 0.15) is 5.82 Å². The van der Waals surface area contributed by atoms with Gasteiger partial charge in [-0.25, -0.2) is 15.0 Å². The van der Waals surface area contributed by atoms with Crippen LogP contribution in [-0.4, -0.2) is 21.0 Å². The second kappa shape index (κ2) is 5.51. The molecule has 0 aliphatic carbocycles. The van der Waals surface area contributed by atoms with Crippen molar-refractivity contribution in [3.63, 3.8) is 0 Å². The van der Waals surface area contributed by atoms with Crippen molar-refractivity contribution in [2.45, 2.75) is 47.3 Å². The summed E-state index contributed by atoms with van der Waals surface area (Å²) in [6.45, 7) is 12.6. The standard InChI is InChI=1S/C24H24N4/c1-13-9-7-11-19-21(13)22-14(2)10-8-12-20(22)24(26-15(3)16(4)27-24)28-18(6)17(5)25-23(19)28/h7-12H,1-6H3. The van der Waals surface area contributed by atoms with Gasteiger partial charge in [-0.1, -0.05) is 36.4 Å². The first-order valence-electron chi connectivity index (χ1n) is 9.75. The lowest BCUT2D eigenvalue weighted by Gasteiger charge is -2.29. The minimum atomic E-state index is -0.832. The number of aliphatic imine (C=N–C) groups is 2. The molecule has 2 aromatic carbocycles. The first kappa shape index (κ1) is 17.1. The summed E-state index contributed by atoms with van der Waals surface area (Å²) >= 11 is 0. The van der Waals surface area contributed by atoms with Crippen LogP contribution in [0.3, 0.4) is 0 Å². The van der Waals surface area contributed by atoms with Crippen LogP contribution in [0.25, 0.3) is 22.5 Å². The highest BCUT2D eigenvalue weighted by atomic mass is 15.4. The zero-order chi connectivity index (χ0) is 19.8. The zero-order valence-electron chi connectivity index (χ0n) is 17.3. The van der Waals surface area contributed by atoms with Crippen molar-refractivity contribution in [2.75, 3.05) is 0 Å². The molecular weight excluding hydrogens is 344 g/mol. The van der Waals surface area contributed by atoms with Crippen LogP contribution in [0.15, 0.2) is 46.4 Å². The summed E-state index contributed by atoms with van der Waals surface area (Å²) in [5.41, 5.74) is 11.3. The van der Waals surface area contributed by atoms with Crippen molar-refractivity contribution in [2.24, 2.45) is 9.98 Å². The zero-order valence-corrected chi connectivity index (χ0v) is 17.3. The van der Waals surface area contributed by atoms with Crippen molar-refractivity contribution in [1.29, 1.82) is 0 Å². The minimum absolute atomic E-state index is 0.832.